The molecule has 1 aromatic heterocycles. The van der Waals surface area contributed by atoms with Gasteiger partial charge in [0.05, 0.1) is 11.2 Å². The molecule has 1 fully saturated rings. The lowest BCUT2D eigenvalue weighted by Crippen LogP contribution is -2.37. The second-order valence-corrected chi connectivity index (χ2v) is 10.2. The van der Waals surface area contributed by atoms with E-state index in [2.05, 4.69) is 15.1 Å². The Labute approximate surface area is 192 Å². The zero-order valence-corrected chi connectivity index (χ0v) is 18.9. The van der Waals surface area contributed by atoms with Crippen molar-refractivity contribution in [2.75, 3.05) is 17.3 Å². The monoisotopic (exact) mass is 466 g/mol. The average molecular weight is 467 g/mol. The van der Waals surface area contributed by atoms with Gasteiger partial charge in [0.15, 0.2) is 5.84 Å². The number of sulfonamides is 1. The van der Waals surface area contributed by atoms with Crippen LogP contribution in [0.2, 0.25) is 0 Å². The summed E-state index contributed by atoms with van der Waals surface area (Å²) in [6.07, 6.45) is 7.05. The van der Waals surface area contributed by atoms with Crippen molar-refractivity contribution in [3.8, 4) is 5.75 Å². The number of pyridine rings is 1. The van der Waals surface area contributed by atoms with E-state index in [0.29, 0.717) is 29.1 Å². The van der Waals surface area contributed by atoms with E-state index in [1.54, 1.807) is 42.5 Å². The third-order valence-corrected chi connectivity index (χ3v) is 7.77. The minimum Gasteiger partial charge on any atom is -0.506 e. The Bertz CT molecular complexity index is 1400. The molecule has 2 aromatic carbocycles. The molecule has 8 nitrogen and oxygen atoms in total. The first kappa shape index (κ1) is 21.5. The number of hydrogen-bond donors (Lipinski definition) is 3. The van der Waals surface area contributed by atoms with E-state index >= 15 is 0 Å². The lowest BCUT2D eigenvalue weighted by atomic mass is 10.0. The van der Waals surface area contributed by atoms with Gasteiger partial charge in [-0.15, -0.1) is 4.40 Å². The highest BCUT2D eigenvalue weighted by Gasteiger charge is 2.29. The van der Waals surface area contributed by atoms with Crippen molar-refractivity contribution in [3.63, 3.8) is 0 Å². The van der Waals surface area contributed by atoms with E-state index in [1.165, 1.54) is 36.4 Å². The molecule has 0 radical (unpaired) electrons. The Morgan fingerprint density at radius 2 is 1.73 bits per heavy atom. The number of amidine groups is 1. The maximum Gasteiger partial charge on any atom is 0.286 e. The maximum absolute atomic E-state index is 13.6. The highest BCUT2D eigenvalue weighted by Crippen LogP contribution is 2.32. The van der Waals surface area contributed by atoms with Gasteiger partial charge >= 0.3 is 0 Å². The number of aromatic hydroxyl groups is 1. The number of anilines is 1. The van der Waals surface area contributed by atoms with E-state index < -0.39 is 15.6 Å². The summed E-state index contributed by atoms with van der Waals surface area (Å²) in [6, 6.07) is 13.3. The quantitative estimate of drug-likeness (QED) is 0.505. The SMILES string of the molecule is O=c1c(C2=NS(=O)(=O)c3ccccc3N2)c(O)c2ccccc2n1NCC1CCCCCC1. The molecule has 172 valence electrons. The number of aromatic nitrogens is 1. The van der Waals surface area contributed by atoms with Crippen molar-refractivity contribution < 1.29 is 13.5 Å². The number of para-hydroxylation sites is 2. The van der Waals surface area contributed by atoms with Crippen LogP contribution in [0.5, 0.6) is 5.75 Å². The average Bonchev–Trinajstić information content (AvgIpc) is 3.08. The van der Waals surface area contributed by atoms with Crippen LogP contribution in [0.15, 0.2) is 62.6 Å². The first-order valence-electron chi connectivity index (χ1n) is 11.3. The third kappa shape index (κ3) is 3.97. The van der Waals surface area contributed by atoms with Crippen LogP contribution in [0, 0.1) is 5.92 Å². The normalized spacial score (nSPS) is 18.1. The molecule has 0 spiro atoms. The summed E-state index contributed by atoms with van der Waals surface area (Å²) in [6.45, 7) is 0.620. The fourth-order valence-corrected chi connectivity index (χ4v) is 5.83. The second kappa shape index (κ2) is 8.55. The lowest BCUT2D eigenvalue weighted by Gasteiger charge is -2.22. The van der Waals surface area contributed by atoms with Gasteiger partial charge in [0.2, 0.25) is 0 Å². The van der Waals surface area contributed by atoms with Gasteiger partial charge in [0.25, 0.3) is 15.6 Å². The van der Waals surface area contributed by atoms with Gasteiger partial charge in [0.1, 0.15) is 16.2 Å². The minimum atomic E-state index is -4.03. The molecule has 5 rings (SSSR count). The van der Waals surface area contributed by atoms with Gasteiger partial charge in [0, 0.05) is 11.9 Å². The Kier molecular flexibility index (Phi) is 5.57. The second-order valence-electron chi connectivity index (χ2n) is 8.64. The van der Waals surface area contributed by atoms with Crippen molar-refractivity contribution >= 4 is 32.4 Å². The van der Waals surface area contributed by atoms with Crippen molar-refractivity contribution in [2.45, 2.75) is 43.4 Å². The molecule has 2 heterocycles. The summed E-state index contributed by atoms with van der Waals surface area (Å²) in [5.41, 5.74) is 3.36. The molecule has 9 heteroatoms. The molecular formula is C24H26N4O4S. The first-order valence-corrected chi connectivity index (χ1v) is 12.7. The van der Waals surface area contributed by atoms with Crippen LogP contribution in [0.25, 0.3) is 10.9 Å². The van der Waals surface area contributed by atoms with Crippen LogP contribution in [0.4, 0.5) is 5.69 Å². The van der Waals surface area contributed by atoms with E-state index in [1.807, 2.05) is 0 Å². The third-order valence-electron chi connectivity index (χ3n) is 6.43. The molecular weight excluding hydrogens is 440 g/mol. The van der Waals surface area contributed by atoms with Crippen LogP contribution in [-0.2, 0) is 10.0 Å². The molecule has 0 amide bonds. The number of benzene rings is 2. The van der Waals surface area contributed by atoms with E-state index in [9.17, 15) is 18.3 Å². The summed E-state index contributed by atoms with van der Waals surface area (Å²) in [5, 5.41) is 14.4. The fraction of sp³-hybridized carbons (Fsp3) is 0.333. The van der Waals surface area contributed by atoms with Crippen LogP contribution in [-0.4, -0.2) is 30.6 Å². The molecule has 0 bridgehead atoms. The van der Waals surface area contributed by atoms with E-state index in [-0.39, 0.29) is 22.0 Å². The smallest absolute Gasteiger partial charge is 0.286 e. The van der Waals surface area contributed by atoms with Crippen molar-refractivity contribution in [1.82, 2.24) is 4.68 Å². The van der Waals surface area contributed by atoms with Gasteiger partial charge in [-0.05, 0) is 43.0 Å². The lowest BCUT2D eigenvalue weighted by molar-refractivity contribution is 0.465. The Balaban J connectivity index is 1.62. The molecule has 1 saturated carbocycles. The van der Waals surface area contributed by atoms with Gasteiger partial charge in [-0.1, -0.05) is 49.9 Å². The summed E-state index contributed by atoms with van der Waals surface area (Å²) in [5.74, 6) is -0.0382. The van der Waals surface area contributed by atoms with Crippen LogP contribution < -0.4 is 16.3 Å². The maximum atomic E-state index is 13.6. The molecule has 1 aliphatic carbocycles. The van der Waals surface area contributed by atoms with Gasteiger partial charge in [-0.2, -0.15) is 8.42 Å². The van der Waals surface area contributed by atoms with Crippen molar-refractivity contribution in [2.24, 2.45) is 10.3 Å². The van der Waals surface area contributed by atoms with Crippen LogP contribution in [0.1, 0.15) is 44.1 Å². The number of fused-ring (bicyclic) bond motifs is 2. The van der Waals surface area contributed by atoms with Crippen LogP contribution in [0.3, 0.4) is 0 Å². The largest absolute Gasteiger partial charge is 0.506 e. The molecule has 1 aliphatic heterocycles. The number of hydrogen-bond acceptors (Lipinski definition) is 6. The number of rotatable bonds is 4. The molecule has 0 atom stereocenters. The molecule has 2 aliphatic rings. The van der Waals surface area contributed by atoms with Gasteiger partial charge in [-0.25, -0.2) is 4.68 Å². The highest BCUT2D eigenvalue weighted by molar-refractivity contribution is 7.90. The predicted octanol–water partition coefficient (Wildman–Crippen LogP) is 3.78. The number of nitrogens with one attached hydrogen (secondary N) is 2. The number of nitrogens with zero attached hydrogens (tertiary/aromatic N) is 2. The first-order chi connectivity index (χ1) is 16.0. The van der Waals surface area contributed by atoms with E-state index in [4.69, 9.17) is 0 Å². The van der Waals surface area contributed by atoms with E-state index in [0.717, 1.165) is 12.8 Å². The molecule has 33 heavy (non-hydrogen) atoms. The minimum absolute atomic E-state index is 0.0286. The van der Waals surface area contributed by atoms with Crippen molar-refractivity contribution in [1.29, 1.82) is 0 Å². The van der Waals surface area contributed by atoms with Crippen molar-refractivity contribution in [3.05, 3.63) is 64.4 Å². The Morgan fingerprint density at radius 3 is 2.52 bits per heavy atom. The topological polar surface area (TPSA) is 113 Å². The fourth-order valence-electron chi connectivity index (χ4n) is 4.71. The van der Waals surface area contributed by atoms with Gasteiger partial charge in [-0.3, -0.25) is 4.79 Å². The zero-order chi connectivity index (χ0) is 23.0. The summed E-state index contributed by atoms with van der Waals surface area (Å²) in [4.78, 5) is 13.6. The highest BCUT2D eigenvalue weighted by atomic mass is 32.2. The molecule has 0 unspecified atom stereocenters. The Hall–Kier alpha value is -3.33. The molecule has 3 N–H and O–H groups in total. The standard InChI is InChI=1S/C24H26N4O4S/c29-22-17-11-5-7-13-19(17)28(25-15-16-9-3-1-2-4-10-16)24(30)21(22)23-26-18-12-6-8-14-20(18)33(31,32)27-23/h5-8,11-14,16,25,29H,1-4,9-10,15H2,(H,26,27). The Morgan fingerprint density at radius 1 is 1.03 bits per heavy atom. The molecule has 0 saturated heterocycles. The van der Waals surface area contributed by atoms with Crippen LogP contribution >= 0.6 is 0 Å². The molecule has 3 aromatic rings. The predicted molar refractivity (Wildman–Crippen MR) is 129 cm³/mol. The zero-order valence-electron chi connectivity index (χ0n) is 18.1. The summed E-state index contributed by atoms with van der Waals surface area (Å²) < 4.78 is 30.8. The summed E-state index contributed by atoms with van der Waals surface area (Å²) >= 11 is 0. The van der Waals surface area contributed by atoms with Gasteiger partial charge < -0.3 is 15.8 Å². The summed E-state index contributed by atoms with van der Waals surface area (Å²) in [7, 11) is -4.03.